The van der Waals surface area contributed by atoms with Crippen molar-refractivity contribution in [3.63, 3.8) is 0 Å². The molecule has 0 radical (unpaired) electrons. The fraction of sp³-hybridized carbons (Fsp3) is 0.913. The molecule has 0 aromatic carbocycles. The number of carbonyl (C=O) groups excluding carboxylic acids is 1. The maximum absolute atomic E-state index is 12.6. The molecule has 158 valence electrons. The normalized spacial score (nSPS) is 49.5. The van der Waals surface area contributed by atoms with Gasteiger partial charge in [-0.15, -0.1) is 0 Å². The Bertz CT molecular complexity index is 664. The van der Waals surface area contributed by atoms with Gasteiger partial charge >= 0.3 is 0 Å². The highest BCUT2D eigenvalue weighted by molar-refractivity contribution is 5.87. The first kappa shape index (κ1) is 20.3. The maximum atomic E-state index is 12.6. The van der Waals surface area contributed by atoms with Crippen LogP contribution >= 0.6 is 0 Å². The topological polar surface area (TPSA) is 84.9 Å². The Hall–Kier alpha value is -0.940. The van der Waals surface area contributed by atoms with Gasteiger partial charge in [0, 0.05) is 23.7 Å². The van der Waals surface area contributed by atoms with Crippen molar-refractivity contribution in [1.29, 1.82) is 0 Å². The zero-order valence-corrected chi connectivity index (χ0v) is 17.9. The maximum Gasteiger partial charge on any atom is 0.139 e. The predicted molar refractivity (Wildman–Crippen MR) is 110 cm³/mol. The molecular weight excluding hydrogens is 352 g/mol. The number of nitrogens with two attached hydrogens (primary N) is 1. The van der Waals surface area contributed by atoms with Gasteiger partial charge in [0.2, 0.25) is 0 Å². The molecule has 0 bridgehead atoms. The summed E-state index contributed by atoms with van der Waals surface area (Å²) in [6.07, 6.45) is 8.00. The van der Waals surface area contributed by atoms with Crippen LogP contribution < -0.4 is 5.73 Å². The zero-order valence-electron chi connectivity index (χ0n) is 17.9. The summed E-state index contributed by atoms with van der Waals surface area (Å²) in [5, 5.41) is 16.2. The fourth-order valence-electron chi connectivity index (χ4n) is 7.64. The lowest BCUT2D eigenvalue weighted by Gasteiger charge is -2.64. The minimum Gasteiger partial charge on any atom is -0.396 e. The first-order valence-corrected chi connectivity index (χ1v) is 11.4. The van der Waals surface area contributed by atoms with Gasteiger partial charge in [0.1, 0.15) is 12.4 Å². The van der Waals surface area contributed by atoms with Crippen molar-refractivity contribution < 1.29 is 14.7 Å². The number of ketones is 1. The highest BCUT2D eigenvalue weighted by Crippen LogP contribution is 2.67. The van der Waals surface area contributed by atoms with E-state index >= 15 is 0 Å². The van der Waals surface area contributed by atoms with Gasteiger partial charge in [0.05, 0.1) is 11.3 Å². The van der Waals surface area contributed by atoms with Crippen LogP contribution in [-0.4, -0.2) is 35.4 Å². The van der Waals surface area contributed by atoms with E-state index in [4.69, 9.17) is 10.6 Å². The second-order valence-electron chi connectivity index (χ2n) is 10.6. The number of carbonyl (C=O) groups is 1. The van der Waals surface area contributed by atoms with E-state index in [1.54, 1.807) is 0 Å². The highest BCUT2D eigenvalue weighted by Gasteiger charge is 2.66. The Morgan fingerprint density at radius 1 is 1.21 bits per heavy atom. The number of Topliss-reactive ketones (excluding diaryl/α,β-unsaturated/α-hetero) is 1. The molecule has 0 amide bonds. The Morgan fingerprint density at radius 2 is 2.00 bits per heavy atom. The van der Waals surface area contributed by atoms with Gasteiger partial charge in [0.15, 0.2) is 0 Å². The molecule has 0 heterocycles. The van der Waals surface area contributed by atoms with Crippen molar-refractivity contribution in [2.45, 2.75) is 84.2 Å². The van der Waals surface area contributed by atoms with Crippen LogP contribution in [0, 0.1) is 34.5 Å². The van der Waals surface area contributed by atoms with E-state index in [2.05, 4.69) is 25.9 Å². The van der Waals surface area contributed by atoms with Gasteiger partial charge in [-0.05, 0) is 75.2 Å². The molecule has 0 spiro atoms. The third-order valence-electron chi connectivity index (χ3n) is 9.30. The highest BCUT2D eigenvalue weighted by atomic mass is 16.6. The summed E-state index contributed by atoms with van der Waals surface area (Å²) in [7, 11) is 0. The number of aliphatic hydroxyl groups is 1. The van der Waals surface area contributed by atoms with Crippen LogP contribution in [0.15, 0.2) is 5.16 Å². The number of fused-ring (bicyclic) bond motifs is 5. The number of nitrogens with zero attached hydrogens (tertiary/aromatic N) is 1. The van der Waals surface area contributed by atoms with E-state index in [1.165, 1.54) is 0 Å². The summed E-state index contributed by atoms with van der Waals surface area (Å²) in [4.78, 5) is 18.1. The first-order valence-electron chi connectivity index (χ1n) is 11.4. The van der Waals surface area contributed by atoms with Gasteiger partial charge in [-0.2, -0.15) is 0 Å². The Kier molecular flexibility index (Phi) is 5.15. The molecule has 0 aromatic rings. The van der Waals surface area contributed by atoms with E-state index < -0.39 is 5.60 Å². The van der Waals surface area contributed by atoms with Crippen molar-refractivity contribution in [1.82, 2.24) is 0 Å². The smallest absolute Gasteiger partial charge is 0.139 e. The second kappa shape index (κ2) is 7.09. The van der Waals surface area contributed by atoms with Crippen LogP contribution in [0.25, 0.3) is 0 Å². The molecule has 5 nitrogen and oxygen atoms in total. The molecule has 5 heteroatoms. The lowest BCUT2D eigenvalue weighted by atomic mass is 9.41. The lowest BCUT2D eigenvalue weighted by Crippen LogP contribution is -2.64. The molecule has 2 unspecified atom stereocenters. The molecule has 4 fully saturated rings. The number of rotatable bonds is 4. The Labute approximate surface area is 169 Å². The lowest BCUT2D eigenvalue weighted by molar-refractivity contribution is -0.206. The van der Waals surface area contributed by atoms with Crippen molar-refractivity contribution in [3.8, 4) is 0 Å². The van der Waals surface area contributed by atoms with Gasteiger partial charge in [-0.1, -0.05) is 25.9 Å². The van der Waals surface area contributed by atoms with Gasteiger partial charge in [-0.3, -0.25) is 4.79 Å². The van der Waals surface area contributed by atoms with Gasteiger partial charge in [0.25, 0.3) is 0 Å². The van der Waals surface area contributed by atoms with Gasteiger partial charge < -0.3 is 15.7 Å². The molecule has 28 heavy (non-hydrogen) atoms. The second-order valence-corrected chi connectivity index (χ2v) is 10.6. The molecule has 4 aliphatic carbocycles. The summed E-state index contributed by atoms with van der Waals surface area (Å²) < 4.78 is 0. The average molecular weight is 391 g/mol. The van der Waals surface area contributed by atoms with Crippen LogP contribution in [0.3, 0.4) is 0 Å². The van der Waals surface area contributed by atoms with Crippen molar-refractivity contribution in [3.05, 3.63) is 0 Å². The van der Waals surface area contributed by atoms with E-state index in [-0.39, 0.29) is 10.8 Å². The van der Waals surface area contributed by atoms with Crippen LogP contribution in [0.1, 0.15) is 78.6 Å². The zero-order chi connectivity index (χ0) is 20.2. The third-order valence-corrected chi connectivity index (χ3v) is 9.30. The molecule has 0 saturated heterocycles. The van der Waals surface area contributed by atoms with Crippen molar-refractivity contribution in [2.75, 3.05) is 13.2 Å². The minimum absolute atomic E-state index is 0.0899. The first-order chi connectivity index (χ1) is 13.2. The molecule has 0 aromatic heterocycles. The molecule has 7 atom stereocenters. The molecule has 4 aliphatic rings. The summed E-state index contributed by atoms with van der Waals surface area (Å²) >= 11 is 0. The predicted octanol–water partition coefficient (Wildman–Crippen LogP) is 3.68. The largest absolute Gasteiger partial charge is 0.396 e. The monoisotopic (exact) mass is 390 g/mol. The van der Waals surface area contributed by atoms with E-state index in [1.807, 2.05) is 0 Å². The quantitative estimate of drug-likeness (QED) is 0.566. The molecular formula is C23H38N2O3. The standard InChI is InChI=1S/C23H38N2O3/c1-15-13-23(27)14-16(25-28-12-4-11-24)7-10-22(23,3)18-8-9-21(2)17(20(15)18)5-6-19(21)26/h15,17-18,20,27H,4-14,24H2,1-3H3/t15?,17-,18+,20-,21-,22+,23?/m0/s1. The van der Waals surface area contributed by atoms with E-state index in [0.29, 0.717) is 49.0 Å². The summed E-state index contributed by atoms with van der Waals surface area (Å²) in [6, 6.07) is 0. The minimum atomic E-state index is -0.710. The van der Waals surface area contributed by atoms with Crippen LogP contribution in [0.4, 0.5) is 0 Å². The van der Waals surface area contributed by atoms with Crippen LogP contribution in [-0.2, 0) is 9.63 Å². The SMILES string of the molecule is CC1CC2(O)CC(=NOCCCN)CC[C@]2(C)[C@@H]2CC[C@]3(C)C(=O)CC[C@H]3[C@H]12. The molecule has 3 N–H and O–H groups in total. The average Bonchev–Trinajstić information content (AvgIpc) is 2.95. The molecule has 4 rings (SSSR count). The Balaban J connectivity index is 1.57. The number of hydrogen-bond acceptors (Lipinski definition) is 5. The molecule has 0 aliphatic heterocycles. The summed E-state index contributed by atoms with van der Waals surface area (Å²) in [5.41, 5.74) is 5.60. The van der Waals surface area contributed by atoms with E-state index in [9.17, 15) is 9.90 Å². The number of oxime groups is 1. The fourth-order valence-corrected chi connectivity index (χ4v) is 7.64. The summed E-state index contributed by atoms with van der Waals surface area (Å²) in [6.45, 7) is 8.01. The number of hydrogen-bond donors (Lipinski definition) is 2. The van der Waals surface area contributed by atoms with Crippen molar-refractivity contribution >= 4 is 11.5 Å². The Morgan fingerprint density at radius 3 is 2.75 bits per heavy atom. The van der Waals surface area contributed by atoms with Crippen LogP contribution in [0.5, 0.6) is 0 Å². The van der Waals surface area contributed by atoms with E-state index in [0.717, 1.165) is 57.1 Å². The van der Waals surface area contributed by atoms with Gasteiger partial charge in [-0.25, -0.2) is 0 Å². The third kappa shape index (κ3) is 2.87. The van der Waals surface area contributed by atoms with Crippen molar-refractivity contribution in [2.24, 2.45) is 45.4 Å². The molecule has 4 saturated carbocycles. The van der Waals surface area contributed by atoms with Crippen LogP contribution in [0.2, 0.25) is 0 Å². The summed E-state index contributed by atoms with van der Waals surface area (Å²) in [5.74, 6) is 2.50.